The van der Waals surface area contributed by atoms with Gasteiger partial charge in [-0.2, -0.15) is 0 Å². The Balaban J connectivity index is 1.82. The lowest BCUT2D eigenvalue weighted by Gasteiger charge is -2.09. The average Bonchev–Trinajstić information content (AvgIpc) is 3.01. The van der Waals surface area contributed by atoms with Crippen LogP contribution < -0.4 is 0 Å². The summed E-state index contributed by atoms with van der Waals surface area (Å²) in [5.74, 6) is -0.621. The second-order valence-corrected chi connectivity index (χ2v) is 4.53. The van der Waals surface area contributed by atoms with E-state index in [4.69, 9.17) is 9.47 Å². The van der Waals surface area contributed by atoms with Crippen LogP contribution in [-0.2, 0) is 9.47 Å². The standard InChI is InChI=1S/C16H13FO3/c17-14-3-1-2-13(10-14)15(18)11-4-6-12(7-5-11)16-19-8-9-20-16/h1-7,10,16H,8-9H2. The summed E-state index contributed by atoms with van der Waals surface area (Å²) in [6, 6.07) is 12.7. The highest BCUT2D eigenvalue weighted by atomic mass is 19.1. The van der Waals surface area contributed by atoms with E-state index in [0.717, 1.165) is 5.56 Å². The largest absolute Gasteiger partial charge is 0.346 e. The van der Waals surface area contributed by atoms with Gasteiger partial charge in [-0.15, -0.1) is 0 Å². The zero-order valence-electron chi connectivity index (χ0n) is 10.7. The third-order valence-corrected chi connectivity index (χ3v) is 3.15. The summed E-state index contributed by atoms with van der Waals surface area (Å²) in [6.45, 7) is 1.16. The van der Waals surface area contributed by atoms with E-state index in [2.05, 4.69) is 0 Å². The van der Waals surface area contributed by atoms with Crippen molar-refractivity contribution >= 4 is 5.78 Å². The van der Waals surface area contributed by atoms with E-state index in [0.29, 0.717) is 24.3 Å². The van der Waals surface area contributed by atoms with Gasteiger partial charge in [0.1, 0.15) is 5.82 Å². The Hall–Kier alpha value is -2.04. The predicted octanol–water partition coefficient (Wildman–Crippen LogP) is 3.10. The Morgan fingerprint density at radius 2 is 1.70 bits per heavy atom. The highest BCUT2D eigenvalue weighted by Crippen LogP contribution is 2.23. The topological polar surface area (TPSA) is 35.5 Å². The maximum absolute atomic E-state index is 13.1. The van der Waals surface area contributed by atoms with Crippen molar-refractivity contribution in [2.45, 2.75) is 6.29 Å². The Morgan fingerprint density at radius 1 is 1.00 bits per heavy atom. The van der Waals surface area contributed by atoms with Crippen molar-refractivity contribution in [2.24, 2.45) is 0 Å². The molecule has 3 rings (SSSR count). The molecule has 0 saturated carbocycles. The SMILES string of the molecule is O=C(c1ccc(C2OCCO2)cc1)c1cccc(F)c1. The minimum Gasteiger partial charge on any atom is -0.346 e. The Labute approximate surface area is 115 Å². The van der Waals surface area contributed by atoms with Crippen molar-refractivity contribution in [2.75, 3.05) is 13.2 Å². The fourth-order valence-corrected chi connectivity index (χ4v) is 2.14. The van der Waals surface area contributed by atoms with Crippen LogP contribution in [0.25, 0.3) is 0 Å². The molecule has 1 saturated heterocycles. The molecule has 0 amide bonds. The van der Waals surface area contributed by atoms with Crippen molar-refractivity contribution in [1.82, 2.24) is 0 Å². The molecule has 0 N–H and O–H groups in total. The minimum atomic E-state index is -0.416. The maximum Gasteiger partial charge on any atom is 0.193 e. The number of halogens is 1. The molecule has 1 fully saturated rings. The summed E-state index contributed by atoms with van der Waals surface area (Å²) in [7, 11) is 0. The lowest BCUT2D eigenvalue weighted by Crippen LogP contribution is -2.03. The summed E-state index contributed by atoms with van der Waals surface area (Å²) in [4.78, 5) is 12.2. The Bertz CT molecular complexity index is 616. The molecule has 102 valence electrons. The van der Waals surface area contributed by atoms with Gasteiger partial charge in [-0.05, 0) is 12.1 Å². The van der Waals surface area contributed by atoms with Gasteiger partial charge in [-0.25, -0.2) is 4.39 Å². The first-order chi connectivity index (χ1) is 9.74. The fraction of sp³-hybridized carbons (Fsp3) is 0.188. The summed E-state index contributed by atoms with van der Waals surface area (Å²) in [6.07, 6.45) is -0.353. The zero-order valence-corrected chi connectivity index (χ0v) is 10.7. The van der Waals surface area contributed by atoms with Gasteiger partial charge in [-0.3, -0.25) is 4.79 Å². The number of carbonyl (C=O) groups is 1. The first-order valence-corrected chi connectivity index (χ1v) is 6.37. The van der Waals surface area contributed by atoms with Gasteiger partial charge in [0.25, 0.3) is 0 Å². The van der Waals surface area contributed by atoms with E-state index in [1.54, 1.807) is 30.3 Å². The van der Waals surface area contributed by atoms with Crippen LogP contribution >= 0.6 is 0 Å². The predicted molar refractivity (Wildman–Crippen MR) is 70.9 cm³/mol. The third kappa shape index (κ3) is 2.61. The molecule has 0 aliphatic carbocycles. The number of ketones is 1. The monoisotopic (exact) mass is 272 g/mol. The molecule has 1 aliphatic heterocycles. The highest BCUT2D eigenvalue weighted by molar-refractivity contribution is 6.08. The van der Waals surface area contributed by atoms with Gasteiger partial charge >= 0.3 is 0 Å². The number of carbonyl (C=O) groups excluding carboxylic acids is 1. The Kier molecular flexibility index (Phi) is 3.58. The molecule has 0 unspecified atom stereocenters. The van der Waals surface area contributed by atoms with Crippen LogP contribution in [0.2, 0.25) is 0 Å². The van der Waals surface area contributed by atoms with E-state index in [1.807, 2.05) is 0 Å². The van der Waals surface area contributed by atoms with Crippen molar-refractivity contribution < 1.29 is 18.7 Å². The number of benzene rings is 2. The zero-order chi connectivity index (χ0) is 13.9. The summed E-state index contributed by atoms with van der Waals surface area (Å²) >= 11 is 0. The van der Waals surface area contributed by atoms with Crippen molar-refractivity contribution in [3.05, 3.63) is 71.0 Å². The second-order valence-electron chi connectivity index (χ2n) is 4.53. The molecule has 1 aliphatic rings. The molecule has 1 heterocycles. The molecular formula is C16H13FO3. The molecule has 0 aromatic heterocycles. The van der Waals surface area contributed by atoms with Gasteiger partial charge in [0, 0.05) is 16.7 Å². The molecule has 20 heavy (non-hydrogen) atoms. The van der Waals surface area contributed by atoms with E-state index in [9.17, 15) is 9.18 Å². The van der Waals surface area contributed by atoms with Crippen LogP contribution in [0.15, 0.2) is 48.5 Å². The maximum atomic E-state index is 13.1. The minimum absolute atomic E-state index is 0.204. The normalized spacial score (nSPS) is 15.4. The first kappa shape index (κ1) is 13.0. The van der Waals surface area contributed by atoms with Crippen LogP contribution in [0.5, 0.6) is 0 Å². The van der Waals surface area contributed by atoms with E-state index < -0.39 is 5.82 Å². The fourth-order valence-electron chi connectivity index (χ4n) is 2.14. The van der Waals surface area contributed by atoms with Gasteiger partial charge < -0.3 is 9.47 Å². The van der Waals surface area contributed by atoms with Gasteiger partial charge in [0.15, 0.2) is 12.1 Å². The smallest absolute Gasteiger partial charge is 0.193 e. The van der Waals surface area contributed by atoms with Gasteiger partial charge in [-0.1, -0.05) is 36.4 Å². The lowest BCUT2D eigenvalue weighted by molar-refractivity contribution is -0.0441. The van der Waals surface area contributed by atoms with E-state index >= 15 is 0 Å². The molecule has 2 aromatic carbocycles. The molecule has 0 spiro atoms. The number of hydrogen-bond donors (Lipinski definition) is 0. The number of ether oxygens (including phenoxy) is 2. The van der Waals surface area contributed by atoms with Crippen LogP contribution in [0.4, 0.5) is 4.39 Å². The molecule has 2 aromatic rings. The van der Waals surface area contributed by atoms with Crippen LogP contribution in [0.1, 0.15) is 27.8 Å². The number of rotatable bonds is 3. The van der Waals surface area contributed by atoms with Gasteiger partial charge in [0.2, 0.25) is 0 Å². The summed E-state index contributed by atoms with van der Waals surface area (Å²) in [5, 5.41) is 0. The molecule has 3 nitrogen and oxygen atoms in total. The highest BCUT2D eigenvalue weighted by Gasteiger charge is 2.18. The number of hydrogen-bond acceptors (Lipinski definition) is 3. The average molecular weight is 272 g/mol. The Morgan fingerprint density at radius 3 is 2.35 bits per heavy atom. The first-order valence-electron chi connectivity index (χ1n) is 6.37. The van der Waals surface area contributed by atoms with Crippen LogP contribution in [0.3, 0.4) is 0 Å². The van der Waals surface area contributed by atoms with E-state index in [1.165, 1.54) is 18.2 Å². The third-order valence-electron chi connectivity index (χ3n) is 3.15. The van der Waals surface area contributed by atoms with Crippen molar-refractivity contribution in [3.63, 3.8) is 0 Å². The quantitative estimate of drug-likeness (QED) is 0.805. The molecular weight excluding hydrogens is 259 g/mol. The molecule has 0 atom stereocenters. The van der Waals surface area contributed by atoms with Crippen molar-refractivity contribution in [3.8, 4) is 0 Å². The second kappa shape index (κ2) is 5.53. The lowest BCUT2D eigenvalue weighted by atomic mass is 10.0. The van der Waals surface area contributed by atoms with Crippen molar-refractivity contribution in [1.29, 1.82) is 0 Å². The molecule has 0 bridgehead atoms. The van der Waals surface area contributed by atoms with Crippen LogP contribution in [0, 0.1) is 5.82 Å². The molecule has 4 heteroatoms. The summed E-state index contributed by atoms with van der Waals surface area (Å²) < 4.78 is 23.9. The van der Waals surface area contributed by atoms with Gasteiger partial charge in [0.05, 0.1) is 13.2 Å². The molecule has 0 radical (unpaired) electrons. The van der Waals surface area contributed by atoms with Crippen LogP contribution in [-0.4, -0.2) is 19.0 Å². The summed E-state index contributed by atoms with van der Waals surface area (Å²) in [5.41, 5.74) is 1.72. The van der Waals surface area contributed by atoms with E-state index in [-0.39, 0.29) is 12.1 Å².